The molecular weight excluding hydrogens is 392 g/mol. The molecule has 0 fully saturated rings. The Kier molecular flexibility index (Phi) is 3.43. The summed E-state index contributed by atoms with van der Waals surface area (Å²) < 4.78 is 9.04. The highest BCUT2D eigenvalue weighted by Crippen LogP contribution is 2.35. The van der Waals surface area contributed by atoms with Crippen molar-refractivity contribution in [2.75, 3.05) is 0 Å². The van der Waals surface area contributed by atoms with Crippen LogP contribution in [0.3, 0.4) is 0 Å². The second-order valence-corrected chi connectivity index (χ2v) is 7.14. The second-order valence-electron chi connectivity index (χ2n) is 6.23. The van der Waals surface area contributed by atoms with Gasteiger partial charge in [-0.25, -0.2) is 0 Å². The lowest BCUT2D eigenvalue weighted by atomic mass is 10.1. The molecule has 26 heavy (non-hydrogen) atoms. The second kappa shape index (κ2) is 5.81. The number of rotatable bonds is 3. The van der Waals surface area contributed by atoms with Crippen LogP contribution in [0.15, 0.2) is 76.4 Å². The third-order valence-electron chi connectivity index (χ3n) is 4.60. The number of fused-ring (bicyclic) bond motifs is 3. The Balaban J connectivity index is 1.74. The fourth-order valence-electron chi connectivity index (χ4n) is 3.44. The van der Waals surface area contributed by atoms with Crippen LogP contribution in [0.5, 0.6) is 5.75 Å². The SMILES string of the molecule is O=c1ccn2c3ccc(Br)cc3c3cc(OCc4cccnc4)cc1c32. The average molecular weight is 405 g/mol. The Morgan fingerprint density at radius 1 is 1.04 bits per heavy atom. The number of nitrogens with zero attached hydrogens (tertiary/aromatic N) is 2. The molecular formula is C21H13BrN2O2. The van der Waals surface area contributed by atoms with Gasteiger partial charge in [0, 0.05) is 45.5 Å². The zero-order valence-electron chi connectivity index (χ0n) is 13.6. The third-order valence-corrected chi connectivity index (χ3v) is 5.09. The Bertz CT molecular complexity index is 1310. The molecule has 0 atom stereocenters. The molecule has 0 saturated carbocycles. The van der Waals surface area contributed by atoms with Crippen LogP contribution in [0.2, 0.25) is 0 Å². The molecule has 3 aromatic heterocycles. The van der Waals surface area contributed by atoms with Gasteiger partial charge in [0.15, 0.2) is 5.43 Å². The van der Waals surface area contributed by atoms with Crippen molar-refractivity contribution in [2.24, 2.45) is 0 Å². The summed E-state index contributed by atoms with van der Waals surface area (Å²) in [6, 6.07) is 15.4. The highest BCUT2D eigenvalue weighted by molar-refractivity contribution is 9.10. The summed E-state index contributed by atoms with van der Waals surface area (Å²) in [5.74, 6) is 0.680. The van der Waals surface area contributed by atoms with E-state index in [4.69, 9.17) is 4.74 Å². The van der Waals surface area contributed by atoms with Crippen molar-refractivity contribution >= 4 is 43.1 Å². The quantitative estimate of drug-likeness (QED) is 0.434. The summed E-state index contributed by atoms with van der Waals surface area (Å²) >= 11 is 3.54. The summed E-state index contributed by atoms with van der Waals surface area (Å²) in [5.41, 5.74) is 2.98. The van der Waals surface area contributed by atoms with E-state index in [2.05, 4.69) is 37.4 Å². The van der Waals surface area contributed by atoms with Gasteiger partial charge in [-0.1, -0.05) is 22.0 Å². The third kappa shape index (κ3) is 2.35. The van der Waals surface area contributed by atoms with E-state index < -0.39 is 0 Å². The fraction of sp³-hybridized carbons (Fsp3) is 0.0476. The molecule has 0 aliphatic carbocycles. The largest absolute Gasteiger partial charge is 0.489 e. The van der Waals surface area contributed by atoms with E-state index >= 15 is 0 Å². The molecule has 0 unspecified atom stereocenters. The number of ether oxygens (including phenoxy) is 1. The Morgan fingerprint density at radius 2 is 1.92 bits per heavy atom. The minimum Gasteiger partial charge on any atom is -0.489 e. The Morgan fingerprint density at radius 3 is 2.77 bits per heavy atom. The van der Waals surface area contributed by atoms with Crippen molar-refractivity contribution in [3.63, 3.8) is 0 Å². The maximum Gasteiger partial charge on any atom is 0.189 e. The van der Waals surface area contributed by atoms with Crippen molar-refractivity contribution in [2.45, 2.75) is 6.61 Å². The van der Waals surface area contributed by atoms with Crippen LogP contribution in [0.1, 0.15) is 5.56 Å². The van der Waals surface area contributed by atoms with Gasteiger partial charge in [0.1, 0.15) is 12.4 Å². The van der Waals surface area contributed by atoms with Crippen LogP contribution in [0, 0.1) is 0 Å². The van der Waals surface area contributed by atoms with E-state index in [1.165, 1.54) is 0 Å². The molecule has 5 aromatic rings. The van der Waals surface area contributed by atoms with Gasteiger partial charge in [-0.3, -0.25) is 9.78 Å². The van der Waals surface area contributed by atoms with Crippen LogP contribution < -0.4 is 10.2 Å². The zero-order chi connectivity index (χ0) is 17.7. The maximum atomic E-state index is 12.5. The van der Waals surface area contributed by atoms with Gasteiger partial charge in [-0.05, 0) is 36.4 Å². The van der Waals surface area contributed by atoms with Crippen LogP contribution in [-0.4, -0.2) is 9.38 Å². The van der Waals surface area contributed by atoms with Gasteiger partial charge in [0.2, 0.25) is 0 Å². The first-order chi connectivity index (χ1) is 12.7. The molecule has 0 aliphatic rings. The molecule has 0 spiro atoms. The first-order valence-corrected chi connectivity index (χ1v) is 9.01. The van der Waals surface area contributed by atoms with E-state index in [0.29, 0.717) is 17.7 Å². The molecule has 5 heteroatoms. The van der Waals surface area contributed by atoms with Gasteiger partial charge >= 0.3 is 0 Å². The van der Waals surface area contributed by atoms with E-state index in [1.807, 2.05) is 36.5 Å². The van der Waals surface area contributed by atoms with Gasteiger partial charge in [0.05, 0.1) is 16.4 Å². The zero-order valence-corrected chi connectivity index (χ0v) is 15.2. The highest BCUT2D eigenvalue weighted by Gasteiger charge is 2.15. The Hall–Kier alpha value is -2.92. The topological polar surface area (TPSA) is 43.6 Å². The number of aromatic nitrogens is 2. The minimum absolute atomic E-state index is 0.00352. The van der Waals surface area contributed by atoms with Crippen LogP contribution in [-0.2, 0) is 6.61 Å². The molecule has 0 amide bonds. The maximum absolute atomic E-state index is 12.5. The number of benzene rings is 2. The van der Waals surface area contributed by atoms with Crippen LogP contribution in [0.4, 0.5) is 0 Å². The van der Waals surface area contributed by atoms with Crippen molar-refractivity contribution < 1.29 is 4.74 Å². The molecule has 2 aromatic carbocycles. The van der Waals surface area contributed by atoms with Gasteiger partial charge in [-0.2, -0.15) is 0 Å². The van der Waals surface area contributed by atoms with Gasteiger partial charge in [-0.15, -0.1) is 0 Å². The normalized spacial score (nSPS) is 11.6. The summed E-state index contributed by atoms with van der Waals surface area (Å²) in [7, 11) is 0. The van der Waals surface area contributed by atoms with E-state index in [0.717, 1.165) is 31.8 Å². The molecule has 126 valence electrons. The van der Waals surface area contributed by atoms with E-state index in [9.17, 15) is 4.79 Å². The predicted molar refractivity (Wildman–Crippen MR) is 106 cm³/mol. The Labute approximate surface area is 157 Å². The summed E-state index contributed by atoms with van der Waals surface area (Å²) in [4.78, 5) is 16.6. The molecule has 3 heterocycles. The highest BCUT2D eigenvalue weighted by atomic mass is 79.9. The first kappa shape index (κ1) is 15.3. The minimum atomic E-state index is -0.00352. The van der Waals surface area contributed by atoms with Crippen molar-refractivity contribution in [3.8, 4) is 5.75 Å². The fourth-order valence-corrected chi connectivity index (χ4v) is 3.80. The first-order valence-electron chi connectivity index (χ1n) is 8.22. The molecule has 0 aliphatic heterocycles. The van der Waals surface area contributed by atoms with Crippen molar-refractivity contribution in [1.29, 1.82) is 0 Å². The monoisotopic (exact) mass is 404 g/mol. The molecule has 0 radical (unpaired) electrons. The summed E-state index contributed by atoms with van der Waals surface area (Å²) in [6.45, 7) is 0.408. The number of hydrogen-bond acceptors (Lipinski definition) is 3. The predicted octanol–water partition coefficient (Wildman–Crippen LogP) is 4.78. The molecule has 0 bridgehead atoms. The molecule has 4 nitrogen and oxygen atoms in total. The summed E-state index contributed by atoms with van der Waals surface area (Å²) in [5, 5.41) is 2.76. The smallest absolute Gasteiger partial charge is 0.189 e. The summed E-state index contributed by atoms with van der Waals surface area (Å²) in [6.07, 6.45) is 5.35. The number of halogens is 1. The van der Waals surface area contributed by atoms with Crippen LogP contribution in [0.25, 0.3) is 27.2 Å². The number of pyridine rings is 2. The lowest BCUT2D eigenvalue weighted by Gasteiger charge is -2.08. The lowest BCUT2D eigenvalue weighted by Crippen LogP contribution is -2.03. The number of hydrogen-bond donors (Lipinski definition) is 0. The van der Waals surface area contributed by atoms with Gasteiger partial charge < -0.3 is 9.14 Å². The molecule has 0 saturated heterocycles. The molecule has 0 N–H and O–H groups in total. The van der Waals surface area contributed by atoms with Crippen LogP contribution >= 0.6 is 15.9 Å². The van der Waals surface area contributed by atoms with Crippen molar-refractivity contribution in [1.82, 2.24) is 9.38 Å². The van der Waals surface area contributed by atoms with E-state index in [1.54, 1.807) is 18.5 Å². The van der Waals surface area contributed by atoms with Crippen molar-refractivity contribution in [3.05, 3.63) is 87.4 Å². The van der Waals surface area contributed by atoms with Gasteiger partial charge in [0.25, 0.3) is 0 Å². The average Bonchev–Trinajstić information content (AvgIpc) is 2.98. The molecule has 5 rings (SSSR count). The lowest BCUT2D eigenvalue weighted by molar-refractivity contribution is 0.306. The van der Waals surface area contributed by atoms with E-state index in [-0.39, 0.29) is 5.43 Å². The standard InChI is InChI=1S/C21H13BrN2O2/c22-14-3-4-19-16(8-14)17-9-15(26-12-13-2-1-6-23-11-13)10-18-20(25)5-7-24(19)21(17)18/h1-11H,12H2.